The Morgan fingerprint density at radius 1 is 1.25 bits per heavy atom. The lowest BCUT2D eigenvalue weighted by Gasteiger charge is -2.27. The van der Waals surface area contributed by atoms with Gasteiger partial charge in [-0.05, 0) is 12.0 Å². The molecule has 0 amide bonds. The SMILES string of the molecule is CCc1cnc(N2CCn3cc(CCO)nc3C2)nc1. The van der Waals surface area contributed by atoms with Crippen LogP contribution < -0.4 is 4.90 Å². The van der Waals surface area contributed by atoms with Crippen LogP contribution in [0.5, 0.6) is 0 Å². The van der Waals surface area contributed by atoms with Gasteiger partial charge in [0.25, 0.3) is 0 Å². The molecule has 3 heterocycles. The van der Waals surface area contributed by atoms with Gasteiger partial charge in [0.05, 0.1) is 12.2 Å². The molecular formula is C14H19N5O. The van der Waals surface area contributed by atoms with Gasteiger partial charge in [-0.15, -0.1) is 0 Å². The van der Waals surface area contributed by atoms with Crippen LogP contribution in [0.1, 0.15) is 24.0 Å². The molecule has 0 spiro atoms. The van der Waals surface area contributed by atoms with E-state index in [0.717, 1.165) is 49.1 Å². The topological polar surface area (TPSA) is 67.1 Å². The molecule has 0 saturated carbocycles. The molecule has 0 atom stereocenters. The van der Waals surface area contributed by atoms with Crippen LogP contribution in [0.3, 0.4) is 0 Å². The fourth-order valence-electron chi connectivity index (χ4n) is 2.41. The highest BCUT2D eigenvalue weighted by Crippen LogP contribution is 2.17. The predicted molar refractivity (Wildman–Crippen MR) is 75.5 cm³/mol. The fraction of sp³-hybridized carbons (Fsp3) is 0.500. The molecular weight excluding hydrogens is 254 g/mol. The maximum absolute atomic E-state index is 8.98. The molecule has 6 nitrogen and oxygen atoms in total. The molecule has 0 aliphatic carbocycles. The van der Waals surface area contributed by atoms with Crippen molar-refractivity contribution in [3.8, 4) is 0 Å². The summed E-state index contributed by atoms with van der Waals surface area (Å²) < 4.78 is 2.15. The third-order valence-corrected chi connectivity index (χ3v) is 3.60. The van der Waals surface area contributed by atoms with Crippen LogP contribution in [-0.2, 0) is 25.9 Å². The van der Waals surface area contributed by atoms with E-state index in [1.165, 1.54) is 0 Å². The lowest BCUT2D eigenvalue weighted by molar-refractivity contribution is 0.298. The van der Waals surface area contributed by atoms with Crippen molar-refractivity contribution in [2.24, 2.45) is 0 Å². The maximum atomic E-state index is 8.98. The smallest absolute Gasteiger partial charge is 0.225 e. The van der Waals surface area contributed by atoms with E-state index in [4.69, 9.17) is 5.11 Å². The van der Waals surface area contributed by atoms with Crippen molar-refractivity contribution in [3.63, 3.8) is 0 Å². The molecule has 106 valence electrons. The average Bonchev–Trinajstić information content (AvgIpc) is 2.89. The Labute approximate surface area is 118 Å². The Kier molecular flexibility index (Phi) is 3.64. The summed E-state index contributed by atoms with van der Waals surface area (Å²) in [5.41, 5.74) is 2.10. The average molecular weight is 273 g/mol. The van der Waals surface area contributed by atoms with E-state index in [2.05, 4.69) is 31.3 Å². The molecule has 0 bridgehead atoms. The Morgan fingerprint density at radius 3 is 2.75 bits per heavy atom. The van der Waals surface area contributed by atoms with Crippen molar-refractivity contribution < 1.29 is 5.11 Å². The largest absolute Gasteiger partial charge is 0.396 e. The predicted octanol–water partition coefficient (Wildman–Crippen LogP) is 0.790. The highest BCUT2D eigenvalue weighted by atomic mass is 16.3. The first-order valence-electron chi connectivity index (χ1n) is 7.01. The first kappa shape index (κ1) is 13.1. The van der Waals surface area contributed by atoms with E-state index in [1.54, 1.807) is 0 Å². The van der Waals surface area contributed by atoms with Crippen molar-refractivity contribution in [2.75, 3.05) is 18.1 Å². The van der Waals surface area contributed by atoms with Crippen LogP contribution in [0, 0.1) is 0 Å². The molecule has 0 fully saturated rings. The number of aliphatic hydroxyl groups excluding tert-OH is 1. The van der Waals surface area contributed by atoms with Gasteiger partial charge in [0.2, 0.25) is 5.95 Å². The van der Waals surface area contributed by atoms with Gasteiger partial charge in [0.1, 0.15) is 5.82 Å². The minimum atomic E-state index is 0.141. The first-order chi connectivity index (χ1) is 9.80. The fourth-order valence-corrected chi connectivity index (χ4v) is 2.41. The number of rotatable bonds is 4. The van der Waals surface area contributed by atoms with Crippen LogP contribution in [-0.4, -0.2) is 37.8 Å². The normalized spacial score (nSPS) is 14.4. The molecule has 0 radical (unpaired) electrons. The van der Waals surface area contributed by atoms with Gasteiger partial charge in [-0.2, -0.15) is 0 Å². The summed E-state index contributed by atoms with van der Waals surface area (Å²) in [4.78, 5) is 15.6. The number of hydrogen-bond donors (Lipinski definition) is 1. The molecule has 1 aliphatic heterocycles. The quantitative estimate of drug-likeness (QED) is 0.892. The van der Waals surface area contributed by atoms with Gasteiger partial charge in [-0.25, -0.2) is 15.0 Å². The van der Waals surface area contributed by atoms with E-state index in [1.807, 2.05) is 18.6 Å². The zero-order chi connectivity index (χ0) is 13.9. The second-order valence-electron chi connectivity index (χ2n) is 4.98. The molecule has 1 N–H and O–H groups in total. The Hall–Kier alpha value is -1.95. The number of imidazole rings is 1. The number of hydrogen-bond acceptors (Lipinski definition) is 5. The second-order valence-corrected chi connectivity index (χ2v) is 4.98. The monoisotopic (exact) mass is 273 g/mol. The number of nitrogens with zero attached hydrogens (tertiary/aromatic N) is 5. The molecule has 0 unspecified atom stereocenters. The van der Waals surface area contributed by atoms with Gasteiger partial charge >= 0.3 is 0 Å². The van der Waals surface area contributed by atoms with Crippen LogP contribution in [0.15, 0.2) is 18.6 Å². The Morgan fingerprint density at radius 2 is 2.05 bits per heavy atom. The van der Waals surface area contributed by atoms with Crippen molar-refractivity contribution in [2.45, 2.75) is 32.9 Å². The van der Waals surface area contributed by atoms with E-state index in [0.29, 0.717) is 6.42 Å². The molecule has 2 aromatic heterocycles. The summed E-state index contributed by atoms with van der Waals surface area (Å²) in [6, 6.07) is 0. The summed E-state index contributed by atoms with van der Waals surface area (Å²) in [5.74, 6) is 1.78. The second kappa shape index (κ2) is 5.58. The standard InChI is InChI=1S/C14H19N5O/c1-2-11-7-15-14(16-8-11)19-5-4-18-9-12(3-6-20)17-13(18)10-19/h7-9,20H,2-6,10H2,1H3. The van der Waals surface area contributed by atoms with Crippen LogP contribution in [0.25, 0.3) is 0 Å². The zero-order valence-corrected chi connectivity index (χ0v) is 11.7. The van der Waals surface area contributed by atoms with Crippen LogP contribution >= 0.6 is 0 Å². The van der Waals surface area contributed by atoms with Crippen molar-refractivity contribution in [1.29, 1.82) is 0 Å². The number of aliphatic hydroxyl groups is 1. The molecule has 6 heteroatoms. The third-order valence-electron chi connectivity index (χ3n) is 3.60. The molecule has 0 aromatic carbocycles. The minimum absolute atomic E-state index is 0.141. The summed E-state index contributed by atoms with van der Waals surface area (Å²) >= 11 is 0. The Balaban J connectivity index is 1.76. The first-order valence-corrected chi connectivity index (χ1v) is 7.01. The molecule has 20 heavy (non-hydrogen) atoms. The lowest BCUT2D eigenvalue weighted by Crippen LogP contribution is -2.34. The molecule has 2 aromatic rings. The van der Waals surface area contributed by atoms with E-state index in [9.17, 15) is 0 Å². The van der Waals surface area contributed by atoms with Crippen LogP contribution in [0.4, 0.5) is 5.95 Å². The van der Waals surface area contributed by atoms with Gasteiger partial charge in [-0.1, -0.05) is 6.92 Å². The lowest BCUT2D eigenvalue weighted by atomic mass is 10.3. The van der Waals surface area contributed by atoms with E-state index in [-0.39, 0.29) is 6.61 Å². The number of aryl methyl sites for hydroxylation is 1. The van der Waals surface area contributed by atoms with Gasteiger partial charge in [-0.3, -0.25) is 0 Å². The summed E-state index contributed by atoms with van der Waals surface area (Å²) in [6.45, 7) is 4.72. The van der Waals surface area contributed by atoms with Crippen molar-refractivity contribution in [1.82, 2.24) is 19.5 Å². The Bertz CT molecular complexity index is 578. The van der Waals surface area contributed by atoms with Crippen LogP contribution in [0.2, 0.25) is 0 Å². The van der Waals surface area contributed by atoms with Gasteiger partial charge in [0, 0.05) is 44.7 Å². The number of fused-ring (bicyclic) bond motifs is 1. The molecule has 3 rings (SSSR count). The number of aromatic nitrogens is 4. The molecule has 1 aliphatic rings. The minimum Gasteiger partial charge on any atom is -0.396 e. The number of anilines is 1. The highest BCUT2D eigenvalue weighted by molar-refractivity contribution is 5.32. The third kappa shape index (κ3) is 2.51. The molecule has 0 saturated heterocycles. The summed E-state index contributed by atoms with van der Waals surface area (Å²) in [7, 11) is 0. The van der Waals surface area contributed by atoms with Crippen molar-refractivity contribution in [3.05, 3.63) is 35.7 Å². The summed E-state index contributed by atoms with van der Waals surface area (Å²) in [5, 5.41) is 8.98. The van der Waals surface area contributed by atoms with Gasteiger partial charge < -0.3 is 14.6 Å². The summed E-state index contributed by atoms with van der Waals surface area (Å²) in [6.07, 6.45) is 7.38. The van der Waals surface area contributed by atoms with Crippen molar-refractivity contribution >= 4 is 5.95 Å². The van der Waals surface area contributed by atoms with E-state index >= 15 is 0 Å². The van der Waals surface area contributed by atoms with Gasteiger partial charge in [0.15, 0.2) is 0 Å². The highest BCUT2D eigenvalue weighted by Gasteiger charge is 2.20. The van der Waals surface area contributed by atoms with E-state index < -0.39 is 0 Å². The zero-order valence-electron chi connectivity index (χ0n) is 11.7. The maximum Gasteiger partial charge on any atom is 0.225 e.